The molecule has 0 bridgehead atoms. The summed E-state index contributed by atoms with van der Waals surface area (Å²) >= 11 is 0. The van der Waals surface area contributed by atoms with Crippen molar-refractivity contribution in [2.24, 2.45) is 0 Å². The average Bonchev–Trinajstić information content (AvgIpc) is 2.85. The molecule has 0 radical (unpaired) electrons. The maximum absolute atomic E-state index is 11.3. The lowest BCUT2D eigenvalue weighted by Gasteiger charge is -2.07. The van der Waals surface area contributed by atoms with Gasteiger partial charge >= 0.3 is 0 Å². The van der Waals surface area contributed by atoms with E-state index in [2.05, 4.69) is 16.9 Å². The fraction of sp³-hybridized carbons (Fsp3) is 0.312. The van der Waals surface area contributed by atoms with E-state index in [9.17, 15) is 9.90 Å². The summed E-state index contributed by atoms with van der Waals surface area (Å²) in [5.41, 5.74) is 2.98. The first-order chi connectivity index (χ1) is 9.67. The van der Waals surface area contributed by atoms with Crippen LogP contribution in [0, 0.1) is 0 Å². The van der Waals surface area contributed by atoms with Crippen molar-refractivity contribution < 1.29 is 9.90 Å². The Morgan fingerprint density at radius 3 is 3.00 bits per heavy atom. The standard InChI is InChI=1S/C16H20N2O2/c1-3-5-12-14(19)7-6-13-16(12)11(10-18-13)8-9-17-15(20)4-2/h3,6-7,10,18-19H,1,4-5,8-9H2,2H3,(H,17,20). The number of carbonyl (C=O) groups is 1. The Labute approximate surface area is 118 Å². The molecule has 2 aromatic rings. The van der Waals surface area contributed by atoms with Gasteiger partial charge in [0.2, 0.25) is 5.91 Å². The topological polar surface area (TPSA) is 65.1 Å². The van der Waals surface area contributed by atoms with Crippen molar-refractivity contribution in [3.8, 4) is 5.75 Å². The van der Waals surface area contributed by atoms with E-state index in [0.717, 1.165) is 28.5 Å². The van der Waals surface area contributed by atoms with Crippen molar-refractivity contribution in [3.63, 3.8) is 0 Å². The molecular formula is C16H20N2O2. The molecular weight excluding hydrogens is 252 g/mol. The molecule has 0 saturated carbocycles. The van der Waals surface area contributed by atoms with E-state index < -0.39 is 0 Å². The van der Waals surface area contributed by atoms with E-state index in [4.69, 9.17) is 0 Å². The van der Waals surface area contributed by atoms with Gasteiger partial charge in [-0.2, -0.15) is 0 Å². The third-order valence-electron chi connectivity index (χ3n) is 3.40. The molecule has 0 unspecified atom stereocenters. The Balaban J connectivity index is 2.27. The average molecular weight is 272 g/mol. The lowest BCUT2D eigenvalue weighted by atomic mass is 10.0. The molecule has 0 aliphatic rings. The number of aromatic nitrogens is 1. The molecule has 0 aliphatic heterocycles. The predicted octanol–water partition coefficient (Wildman–Crippen LogP) is 2.67. The largest absolute Gasteiger partial charge is 0.508 e. The Kier molecular flexibility index (Phi) is 4.45. The molecule has 1 aromatic heterocycles. The van der Waals surface area contributed by atoms with Gasteiger partial charge in [0.15, 0.2) is 0 Å². The van der Waals surface area contributed by atoms with Gasteiger partial charge < -0.3 is 15.4 Å². The zero-order chi connectivity index (χ0) is 14.5. The van der Waals surface area contributed by atoms with Crippen LogP contribution in [-0.4, -0.2) is 22.5 Å². The number of carbonyl (C=O) groups excluding carboxylic acids is 1. The highest BCUT2D eigenvalue weighted by molar-refractivity contribution is 5.89. The van der Waals surface area contributed by atoms with Crippen molar-refractivity contribution in [2.45, 2.75) is 26.2 Å². The minimum Gasteiger partial charge on any atom is -0.508 e. The second-order valence-electron chi connectivity index (χ2n) is 4.75. The minimum atomic E-state index is 0.0546. The van der Waals surface area contributed by atoms with Crippen LogP contribution < -0.4 is 5.32 Å². The molecule has 1 amide bonds. The first kappa shape index (κ1) is 14.2. The number of rotatable bonds is 6. The number of allylic oxidation sites excluding steroid dienone is 1. The highest BCUT2D eigenvalue weighted by atomic mass is 16.3. The van der Waals surface area contributed by atoms with Crippen molar-refractivity contribution >= 4 is 16.8 Å². The van der Waals surface area contributed by atoms with Crippen LogP contribution in [0.1, 0.15) is 24.5 Å². The van der Waals surface area contributed by atoms with Gasteiger partial charge in [-0.3, -0.25) is 4.79 Å². The number of hydrogen-bond donors (Lipinski definition) is 3. The van der Waals surface area contributed by atoms with E-state index in [-0.39, 0.29) is 11.7 Å². The van der Waals surface area contributed by atoms with Gasteiger partial charge in [0, 0.05) is 35.6 Å². The summed E-state index contributed by atoms with van der Waals surface area (Å²) in [4.78, 5) is 14.5. The number of phenolic OH excluding ortho intramolecular Hbond substituents is 1. The van der Waals surface area contributed by atoms with Crippen molar-refractivity contribution in [3.05, 3.63) is 42.1 Å². The van der Waals surface area contributed by atoms with Crippen LogP contribution in [0.3, 0.4) is 0 Å². The van der Waals surface area contributed by atoms with Gasteiger partial charge in [-0.15, -0.1) is 6.58 Å². The van der Waals surface area contributed by atoms with Crippen molar-refractivity contribution in [1.82, 2.24) is 10.3 Å². The monoisotopic (exact) mass is 272 g/mol. The predicted molar refractivity (Wildman–Crippen MR) is 80.9 cm³/mol. The SMILES string of the molecule is C=CCc1c(O)ccc2[nH]cc(CCNC(=O)CC)c12. The zero-order valence-corrected chi connectivity index (χ0v) is 11.7. The lowest BCUT2D eigenvalue weighted by Crippen LogP contribution is -2.24. The molecule has 1 heterocycles. The summed E-state index contributed by atoms with van der Waals surface area (Å²) < 4.78 is 0. The van der Waals surface area contributed by atoms with E-state index in [0.29, 0.717) is 19.4 Å². The Morgan fingerprint density at radius 2 is 2.30 bits per heavy atom. The number of nitrogens with one attached hydrogen (secondary N) is 2. The van der Waals surface area contributed by atoms with Crippen LogP contribution in [0.5, 0.6) is 5.75 Å². The van der Waals surface area contributed by atoms with Gasteiger partial charge in [0.05, 0.1) is 0 Å². The molecule has 1 aromatic carbocycles. The number of phenols is 1. The Bertz CT molecular complexity index is 629. The molecule has 20 heavy (non-hydrogen) atoms. The van der Waals surface area contributed by atoms with Crippen LogP contribution in [0.4, 0.5) is 0 Å². The lowest BCUT2D eigenvalue weighted by molar-refractivity contribution is -0.120. The second-order valence-corrected chi connectivity index (χ2v) is 4.75. The van der Waals surface area contributed by atoms with Crippen LogP contribution in [0.15, 0.2) is 31.0 Å². The third kappa shape index (κ3) is 2.85. The quantitative estimate of drug-likeness (QED) is 0.708. The molecule has 0 saturated heterocycles. The van der Waals surface area contributed by atoms with Gasteiger partial charge in [-0.05, 0) is 30.5 Å². The first-order valence-corrected chi connectivity index (χ1v) is 6.85. The van der Waals surface area contributed by atoms with E-state index in [1.54, 1.807) is 12.1 Å². The van der Waals surface area contributed by atoms with Crippen molar-refractivity contribution in [1.29, 1.82) is 0 Å². The number of H-pyrrole nitrogens is 1. The van der Waals surface area contributed by atoms with Gasteiger partial charge in [0.1, 0.15) is 5.75 Å². The summed E-state index contributed by atoms with van der Waals surface area (Å²) in [6, 6.07) is 3.56. The molecule has 0 fully saturated rings. The van der Waals surface area contributed by atoms with E-state index in [1.165, 1.54) is 0 Å². The summed E-state index contributed by atoms with van der Waals surface area (Å²) in [6.07, 6.45) is 5.57. The molecule has 4 nitrogen and oxygen atoms in total. The Hall–Kier alpha value is -2.23. The van der Waals surface area contributed by atoms with Crippen LogP contribution in [0.25, 0.3) is 10.9 Å². The zero-order valence-electron chi connectivity index (χ0n) is 11.7. The number of aromatic amines is 1. The second kappa shape index (κ2) is 6.28. The highest BCUT2D eigenvalue weighted by Gasteiger charge is 2.11. The normalized spacial score (nSPS) is 10.7. The van der Waals surface area contributed by atoms with E-state index in [1.807, 2.05) is 19.2 Å². The van der Waals surface area contributed by atoms with Crippen LogP contribution in [0.2, 0.25) is 0 Å². The van der Waals surface area contributed by atoms with Gasteiger partial charge in [-0.1, -0.05) is 13.0 Å². The molecule has 0 spiro atoms. The number of aromatic hydroxyl groups is 1. The summed E-state index contributed by atoms with van der Waals surface area (Å²) in [5, 5.41) is 13.9. The fourth-order valence-electron chi connectivity index (χ4n) is 2.37. The van der Waals surface area contributed by atoms with Gasteiger partial charge in [-0.25, -0.2) is 0 Å². The van der Waals surface area contributed by atoms with Crippen LogP contribution >= 0.6 is 0 Å². The molecule has 0 atom stereocenters. The minimum absolute atomic E-state index is 0.0546. The number of fused-ring (bicyclic) bond motifs is 1. The molecule has 0 aliphatic carbocycles. The molecule has 106 valence electrons. The number of hydrogen-bond acceptors (Lipinski definition) is 2. The maximum atomic E-state index is 11.3. The molecule has 2 rings (SSSR count). The fourth-order valence-corrected chi connectivity index (χ4v) is 2.37. The highest BCUT2D eigenvalue weighted by Crippen LogP contribution is 2.30. The summed E-state index contributed by atoms with van der Waals surface area (Å²) in [7, 11) is 0. The number of benzene rings is 1. The molecule has 4 heteroatoms. The first-order valence-electron chi connectivity index (χ1n) is 6.85. The molecule has 3 N–H and O–H groups in total. The van der Waals surface area contributed by atoms with Crippen molar-refractivity contribution in [2.75, 3.05) is 6.54 Å². The van der Waals surface area contributed by atoms with Crippen LogP contribution in [-0.2, 0) is 17.6 Å². The summed E-state index contributed by atoms with van der Waals surface area (Å²) in [5.74, 6) is 0.342. The maximum Gasteiger partial charge on any atom is 0.219 e. The summed E-state index contributed by atoms with van der Waals surface area (Å²) in [6.45, 7) is 6.17. The Morgan fingerprint density at radius 1 is 1.50 bits per heavy atom. The number of amides is 1. The smallest absolute Gasteiger partial charge is 0.219 e. The van der Waals surface area contributed by atoms with Gasteiger partial charge in [0.25, 0.3) is 0 Å². The van der Waals surface area contributed by atoms with E-state index >= 15 is 0 Å². The third-order valence-corrected chi connectivity index (χ3v) is 3.40.